The summed E-state index contributed by atoms with van der Waals surface area (Å²) in [5.74, 6) is 1.29. The highest BCUT2D eigenvalue weighted by molar-refractivity contribution is 8.18. The van der Waals surface area contributed by atoms with Crippen molar-refractivity contribution in [1.29, 1.82) is 0 Å². The predicted molar refractivity (Wildman–Crippen MR) is 103 cm³/mol. The number of carboxylic acid groups (broad SMARTS) is 1. The fourth-order valence-electron chi connectivity index (χ4n) is 2.44. The largest absolute Gasteiger partial charge is 0.545 e. The molecule has 2 amide bonds. The van der Waals surface area contributed by atoms with Crippen LogP contribution in [-0.2, 0) is 11.4 Å². The summed E-state index contributed by atoms with van der Waals surface area (Å²) < 4.78 is 5.66. The van der Waals surface area contributed by atoms with Crippen molar-refractivity contribution in [3.05, 3.63) is 70.1 Å². The van der Waals surface area contributed by atoms with Crippen molar-refractivity contribution in [2.45, 2.75) is 6.61 Å². The number of nitrogens with zero attached hydrogens (tertiary/aromatic N) is 1. The molecule has 1 fully saturated rings. The molecular formula is C21H14NO5S-. The van der Waals surface area contributed by atoms with Gasteiger partial charge in [-0.15, -0.1) is 6.42 Å². The van der Waals surface area contributed by atoms with E-state index in [4.69, 9.17) is 11.2 Å². The third kappa shape index (κ3) is 4.42. The average Bonchev–Trinajstić information content (AvgIpc) is 2.95. The summed E-state index contributed by atoms with van der Waals surface area (Å²) in [6.45, 7) is 0.233. The van der Waals surface area contributed by atoms with Crippen molar-refractivity contribution < 1.29 is 24.2 Å². The van der Waals surface area contributed by atoms with Crippen LogP contribution in [0.15, 0.2) is 53.4 Å². The van der Waals surface area contributed by atoms with Crippen LogP contribution in [0.1, 0.15) is 21.5 Å². The zero-order valence-electron chi connectivity index (χ0n) is 14.6. The second-order valence-electron chi connectivity index (χ2n) is 5.81. The first-order valence-electron chi connectivity index (χ1n) is 8.20. The molecule has 1 saturated heterocycles. The summed E-state index contributed by atoms with van der Waals surface area (Å²) in [6.07, 6.45) is 6.80. The Morgan fingerprint density at radius 1 is 1.14 bits per heavy atom. The normalized spacial score (nSPS) is 15.0. The topological polar surface area (TPSA) is 86.7 Å². The summed E-state index contributed by atoms with van der Waals surface area (Å²) in [5, 5.41) is 10.4. The zero-order valence-corrected chi connectivity index (χ0v) is 15.4. The van der Waals surface area contributed by atoms with Crippen molar-refractivity contribution in [2.24, 2.45) is 0 Å². The molecule has 2 aromatic carbocycles. The molecule has 28 heavy (non-hydrogen) atoms. The van der Waals surface area contributed by atoms with Gasteiger partial charge in [-0.05, 0) is 46.7 Å². The van der Waals surface area contributed by atoms with E-state index >= 15 is 0 Å². The van der Waals surface area contributed by atoms with Crippen LogP contribution < -0.4 is 9.84 Å². The average molecular weight is 392 g/mol. The Morgan fingerprint density at radius 2 is 1.82 bits per heavy atom. The summed E-state index contributed by atoms with van der Waals surface area (Å²) in [6, 6.07) is 13.3. The van der Waals surface area contributed by atoms with E-state index in [-0.39, 0.29) is 24.0 Å². The van der Waals surface area contributed by atoms with E-state index < -0.39 is 11.9 Å². The van der Waals surface area contributed by atoms with E-state index in [9.17, 15) is 19.5 Å². The van der Waals surface area contributed by atoms with Crippen molar-refractivity contribution in [2.75, 3.05) is 6.54 Å². The van der Waals surface area contributed by atoms with Gasteiger partial charge in [0.05, 0.1) is 17.4 Å². The molecule has 1 aliphatic rings. The number of rotatable bonds is 6. The second kappa shape index (κ2) is 8.46. The molecule has 1 aliphatic heterocycles. The minimum absolute atomic E-state index is 0.0429. The van der Waals surface area contributed by atoms with Gasteiger partial charge in [0.15, 0.2) is 0 Å². The molecule has 0 unspecified atom stereocenters. The Hall–Kier alpha value is -3.50. The molecule has 0 bridgehead atoms. The van der Waals surface area contributed by atoms with Crippen LogP contribution in [0.4, 0.5) is 4.79 Å². The van der Waals surface area contributed by atoms with Crippen LogP contribution in [0.3, 0.4) is 0 Å². The number of carbonyl (C=O) groups is 3. The number of hydrogen-bond donors (Lipinski definition) is 0. The molecule has 0 radical (unpaired) electrons. The third-order valence-corrected chi connectivity index (χ3v) is 4.80. The van der Waals surface area contributed by atoms with E-state index in [1.807, 2.05) is 0 Å². The van der Waals surface area contributed by atoms with Gasteiger partial charge in [0.1, 0.15) is 12.4 Å². The fourth-order valence-corrected chi connectivity index (χ4v) is 3.28. The highest BCUT2D eigenvalue weighted by atomic mass is 32.2. The van der Waals surface area contributed by atoms with Crippen molar-refractivity contribution >= 4 is 35.0 Å². The molecule has 140 valence electrons. The Bertz CT molecular complexity index is 987. The molecule has 2 aromatic rings. The molecule has 0 N–H and O–H groups in total. The highest BCUT2D eigenvalue weighted by Gasteiger charge is 2.34. The monoisotopic (exact) mass is 392 g/mol. The quantitative estimate of drug-likeness (QED) is 0.554. The Kier molecular flexibility index (Phi) is 5.82. The number of thioether (sulfide) groups is 1. The molecule has 0 atom stereocenters. The van der Waals surface area contributed by atoms with E-state index in [1.165, 1.54) is 12.1 Å². The predicted octanol–water partition coefficient (Wildman–Crippen LogP) is 2.30. The summed E-state index contributed by atoms with van der Waals surface area (Å²) in [5.41, 5.74) is 1.67. The number of aromatic carboxylic acids is 1. The minimum Gasteiger partial charge on any atom is -0.545 e. The third-order valence-electron chi connectivity index (χ3n) is 3.90. The van der Waals surface area contributed by atoms with Crippen LogP contribution in [0.2, 0.25) is 0 Å². The van der Waals surface area contributed by atoms with Gasteiger partial charge in [-0.3, -0.25) is 14.5 Å². The standard InChI is InChI=1S/C21H15NO5S/c1-2-11-22-19(23)18(28-21(22)26)12-14-5-9-17(10-6-14)27-13-15-3-7-16(8-4-15)20(24)25/h1,3-10,12H,11,13H2,(H,24,25)/p-1/b18-12+. The SMILES string of the molecule is C#CCN1C(=O)S/C(=C/c2ccc(OCc3ccc(C(=O)[O-])cc3)cc2)C1=O. The molecule has 6 nitrogen and oxygen atoms in total. The molecular weight excluding hydrogens is 378 g/mol. The summed E-state index contributed by atoms with van der Waals surface area (Å²) >= 11 is 0.857. The lowest BCUT2D eigenvalue weighted by Gasteiger charge is -2.08. The number of carboxylic acids is 1. The first kappa shape index (κ1) is 19.3. The van der Waals surface area contributed by atoms with Crippen molar-refractivity contribution in [1.82, 2.24) is 4.90 Å². The first-order chi connectivity index (χ1) is 13.5. The van der Waals surface area contributed by atoms with Crippen molar-refractivity contribution in [3.63, 3.8) is 0 Å². The zero-order chi connectivity index (χ0) is 20.1. The number of hydrogen-bond acceptors (Lipinski definition) is 6. The van der Waals surface area contributed by atoms with Gasteiger partial charge in [-0.2, -0.15) is 0 Å². The number of amides is 2. The van der Waals surface area contributed by atoms with Crippen LogP contribution in [0.25, 0.3) is 6.08 Å². The second-order valence-corrected chi connectivity index (χ2v) is 6.81. The Balaban J connectivity index is 1.62. The molecule has 1 heterocycles. The Morgan fingerprint density at radius 3 is 2.43 bits per heavy atom. The van der Waals surface area contributed by atoms with Gasteiger partial charge in [-0.1, -0.05) is 42.3 Å². The van der Waals surface area contributed by atoms with Gasteiger partial charge in [0.2, 0.25) is 0 Å². The van der Waals surface area contributed by atoms with Crippen molar-refractivity contribution in [3.8, 4) is 18.1 Å². The lowest BCUT2D eigenvalue weighted by molar-refractivity contribution is -0.255. The number of imide groups is 1. The number of ether oxygens (including phenoxy) is 1. The Labute approximate surface area is 165 Å². The molecule has 0 aromatic heterocycles. The lowest BCUT2D eigenvalue weighted by atomic mass is 10.1. The highest BCUT2D eigenvalue weighted by Crippen LogP contribution is 2.32. The first-order valence-corrected chi connectivity index (χ1v) is 9.01. The maximum atomic E-state index is 12.2. The van der Waals surface area contributed by atoms with Crippen LogP contribution >= 0.6 is 11.8 Å². The smallest absolute Gasteiger partial charge is 0.294 e. The molecule has 3 rings (SSSR count). The van der Waals surface area contributed by atoms with E-state index in [0.29, 0.717) is 10.7 Å². The maximum Gasteiger partial charge on any atom is 0.294 e. The van der Waals surface area contributed by atoms with Gasteiger partial charge in [0.25, 0.3) is 11.1 Å². The fraction of sp³-hybridized carbons (Fsp3) is 0.0952. The van der Waals surface area contributed by atoms with E-state index in [2.05, 4.69) is 5.92 Å². The van der Waals surface area contributed by atoms with Gasteiger partial charge in [0, 0.05) is 0 Å². The summed E-state index contributed by atoms with van der Waals surface area (Å²) in [4.78, 5) is 36.0. The maximum absolute atomic E-state index is 12.2. The number of terminal acetylenes is 1. The molecule has 7 heteroatoms. The van der Waals surface area contributed by atoms with Crippen LogP contribution in [0.5, 0.6) is 5.75 Å². The molecule has 0 aliphatic carbocycles. The van der Waals surface area contributed by atoms with E-state index in [0.717, 1.165) is 27.8 Å². The van der Waals surface area contributed by atoms with Crippen LogP contribution in [0, 0.1) is 12.3 Å². The summed E-state index contributed by atoms with van der Waals surface area (Å²) in [7, 11) is 0. The molecule has 0 spiro atoms. The number of carbonyl (C=O) groups excluding carboxylic acids is 3. The van der Waals surface area contributed by atoms with Crippen LogP contribution in [-0.4, -0.2) is 28.6 Å². The van der Waals surface area contributed by atoms with E-state index in [1.54, 1.807) is 42.5 Å². The molecule has 0 saturated carbocycles. The van der Waals surface area contributed by atoms with Gasteiger partial charge < -0.3 is 14.6 Å². The number of benzene rings is 2. The van der Waals surface area contributed by atoms with Gasteiger partial charge >= 0.3 is 0 Å². The minimum atomic E-state index is -1.22. The van der Waals surface area contributed by atoms with Gasteiger partial charge in [-0.25, -0.2) is 0 Å². The lowest BCUT2D eigenvalue weighted by Crippen LogP contribution is -2.28.